The van der Waals surface area contributed by atoms with Gasteiger partial charge in [-0.05, 0) is 38.3 Å². The summed E-state index contributed by atoms with van der Waals surface area (Å²) < 4.78 is 0. The van der Waals surface area contributed by atoms with Gasteiger partial charge in [0, 0.05) is 25.7 Å². The van der Waals surface area contributed by atoms with Gasteiger partial charge < -0.3 is 16.0 Å². The molecule has 0 bridgehead atoms. The van der Waals surface area contributed by atoms with Crippen LogP contribution in [0.2, 0.25) is 0 Å². The molecule has 6 nitrogen and oxygen atoms in total. The highest BCUT2D eigenvalue weighted by Crippen LogP contribution is 2.26. The quantitative estimate of drug-likeness (QED) is 0.831. The Balaban J connectivity index is 2.22. The molecule has 3 N–H and O–H groups in total. The van der Waals surface area contributed by atoms with Gasteiger partial charge in [-0.15, -0.1) is 10.2 Å². The Labute approximate surface area is 113 Å². The van der Waals surface area contributed by atoms with E-state index in [1.165, 1.54) is 6.42 Å². The fourth-order valence-corrected chi connectivity index (χ4v) is 2.64. The van der Waals surface area contributed by atoms with E-state index in [0.29, 0.717) is 24.3 Å². The van der Waals surface area contributed by atoms with Crippen LogP contribution in [0.15, 0.2) is 12.1 Å². The molecule has 6 heteroatoms. The largest absolute Gasteiger partial charge is 0.354 e. The van der Waals surface area contributed by atoms with Crippen LogP contribution >= 0.6 is 0 Å². The van der Waals surface area contributed by atoms with Crippen LogP contribution < -0.4 is 16.0 Å². The van der Waals surface area contributed by atoms with Crippen LogP contribution in [0.25, 0.3) is 0 Å². The van der Waals surface area contributed by atoms with Gasteiger partial charge in [-0.1, -0.05) is 0 Å². The Hall–Kier alpha value is -1.69. The fourth-order valence-electron chi connectivity index (χ4n) is 2.64. The van der Waals surface area contributed by atoms with Gasteiger partial charge in [-0.25, -0.2) is 0 Å². The zero-order chi connectivity index (χ0) is 13.8. The summed E-state index contributed by atoms with van der Waals surface area (Å²) >= 11 is 0. The minimum atomic E-state index is -0.221. The van der Waals surface area contributed by atoms with Crippen molar-refractivity contribution in [2.45, 2.75) is 38.3 Å². The first-order valence-corrected chi connectivity index (χ1v) is 6.71. The van der Waals surface area contributed by atoms with E-state index < -0.39 is 0 Å². The number of hydrogen-bond acceptors (Lipinski definition) is 5. The summed E-state index contributed by atoms with van der Waals surface area (Å²) in [6, 6.07) is 4.27. The Morgan fingerprint density at radius 3 is 2.84 bits per heavy atom. The number of rotatable bonds is 3. The fraction of sp³-hybridized carbons (Fsp3) is 0.615. The van der Waals surface area contributed by atoms with Crippen LogP contribution in [0, 0.1) is 0 Å². The number of nitrogens with one attached hydrogen (secondary N) is 1. The van der Waals surface area contributed by atoms with Crippen LogP contribution in [0.3, 0.4) is 0 Å². The van der Waals surface area contributed by atoms with E-state index >= 15 is 0 Å². The molecule has 1 aromatic heterocycles. The first-order valence-electron chi connectivity index (χ1n) is 6.71. The van der Waals surface area contributed by atoms with E-state index in [-0.39, 0.29) is 5.91 Å². The molecule has 1 aliphatic rings. The molecule has 0 spiro atoms. The summed E-state index contributed by atoms with van der Waals surface area (Å²) in [5.74, 6) is 0.580. The minimum absolute atomic E-state index is 0.221. The van der Waals surface area contributed by atoms with E-state index in [4.69, 9.17) is 5.73 Å². The van der Waals surface area contributed by atoms with Gasteiger partial charge >= 0.3 is 0 Å². The summed E-state index contributed by atoms with van der Waals surface area (Å²) in [7, 11) is 1.58. The number of nitrogens with zero attached hydrogens (tertiary/aromatic N) is 3. The van der Waals surface area contributed by atoms with Crippen molar-refractivity contribution >= 4 is 11.7 Å². The van der Waals surface area contributed by atoms with Crippen molar-refractivity contribution in [1.29, 1.82) is 0 Å². The van der Waals surface area contributed by atoms with Crippen molar-refractivity contribution < 1.29 is 4.79 Å². The molecular weight excluding hydrogens is 242 g/mol. The molecule has 1 aliphatic heterocycles. The third kappa shape index (κ3) is 2.84. The molecule has 1 aromatic rings. The number of amides is 1. The number of hydrogen-bond donors (Lipinski definition) is 2. The van der Waals surface area contributed by atoms with E-state index in [0.717, 1.165) is 18.7 Å². The van der Waals surface area contributed by atoms with Crippen molar-refractivity contribution in [2.24, 2.45) is 5.73 Å². The monoisotopic (exact) mass is 263 g/mol. The summed E-state index contributed by atoms with van der Waals surface area (Å²) in [6.07, 6.45) is 3.42. The van der Waals surface area contributed by atoms with Crippen LogP contribution in [0.1, 0.15) is 36.7 Å². The third-order valence-corrected chi connectivity index (χ3v) is 3.67. The second-order valence-corrected chi connectivity index (χ2v) is 4.93. The molecule has 0 aliphatic carbocycles. The minimum Gasteiger partial charge on any atom is -0.354 e. The van der Waals surface area contributed by atoms with Crippen molar-refractivity contribution in [2.75, 3.05) is 18.5 Å². The highest BCUT2D eigenvalue weighted by molar-refractivity contribution is 5.91. The zero-order valence-electron chi connectivity index (χ0n) is 11.5. The molecule has 1 saturated heterocycles. The average Bonchev–Trinajstić information content (AvgIpc) is 2.46. The van der Waals surface area contributed by atoms with E-state index in [2.05, 4.69) is 27.3 Å². The highest BCUT2D eigenvalue weighted by atomic mass is 16.1. The Morgan fingerprint density at radius 2 is 2.26 bits per heavy atom. The normalized spacial score (nSPS) is 23.2. The van der Waals surface area contributed by atoms with Gasteiger partial charge in [-0.2, -0.15) is 0 Å². The third-order valence-electron chi connectivity index (χ3n) is 3.67. The van der Waals surface area contributed by atoms with Crippen molar-refractivity contribution in [3.63, 3.8) is 0 Å². The van der Waals surface area contributed by atoms with Gasteiger partial charge in [0.25, 0.3) is 5.91 Å². The Morgan fingerprint density at radius 1 is 1.47 bits per heavy atom. The molecule has 0 aromatic carbocycles. The lowest BCUT2D eigenvalue weighted by atomic mass is 9.96. The predicted octanol–water partition coefficient (Wildman–Crippen LogP) is 0.542. The first-order chi connectivity index (χ1) is 9.17. The lowest BCUT2D eigenvalue weighted by Gasteiger charge is -2.40. The maximum absolute atomic E-state index is 11.4. The molecule has 2 atom stereocenters. The smallest absolute Gasteiger partial charge is 0.271 e. The average molecular weight is 263 g/mol. The maximum Gasteiger partial charge on any atom is 0.271 e. The number of nitrogens with two attached hydrogens (primary N) is 1. The van der Waals surface area contributed by atoms with Crippen LogP contribution in [0.5, 0.6) is 0 Å². The maximum atomic E-state index is 11.4. The van der Waals surface area contributed by atoms with Gasteiger partial charge in [0.15, 0.2) is 11.5 Å². The first kappa shape index (κ1) is 13.7. The summed E-state index contributed by atoms with van der Waals surface area (Å²) in [5, 5.41) is 10.7. The Bertz CT molecular complexity index is 433. The molecular formula is C13H21N5O. The zero-order valence-corrected chi connectivity index (χ0v) is 11.5. The van der Waals surface area contributed by atoms with Gasteiger partial charge in [0.05, 0.1) is 0 Å². The molecule has 0 radical (unpaired) electrons. The second-order valence-electron chi connectivity index (χ2n) is 4.93. The second kappa shape index (κ2) is 5.97. The molecule has 1 amide bonds. The summed E-state index contributed by atoms with van der Waals surface area (Å²) in [4.78, 5) is 13.7. The number of anilines is 1. The molecule has 2 unspecified atom stereocenters. The van der Waals surface area contributed by atoms with Crippen LogP contribution in [-0.2, 0) is 0 Å². The topological polar surface area (TPSA) is 84.1 Å². The number of carbonyl (C=O) groups is 1. The lowest BCUT2D eigenvalue weighted by Crippen LogP contribution is -2.49. The SMILES string of the molecule is CNC(=O)c1ccc(N2C(C)CCCC2CN)nn1. The summed E-state index contributed by atoms with van der Waals surface area (Å²) in [5.41, 5.74) is 6.17. The van der Waals surface area contributed by atoms with Crippen molar-refractivity contribution in [3.05, 3.63) is 17.8 Å². The van der Waals surface area contributed by atoms with Crippen molar-refractivity contribution in [3.8, 4) is 0 Å². The van der Waals surface area contributed by atoms with Crippen LogP contribution in [-0.4, -0.2) is 41.8 Å². The van der Waals surface area contributed by atoms with Crippen molar-refractivity contribution in [1.82, 2.24) is 15.5 Å². The molecule has 1 fully saturated rings. The molecule has 2 heterocycles. The standard InChI is InChI=1S/C13H21N5O/c1-9-4-3-5-10(8-14)18(9)12-7-6-11(16-17-12)13(19)15-2/h6-7,9-10H,3-5,8,14H2,1-2H3,(H,15,19). The van der Waals surface area contributed by atoms with Gasteiger partial charge in [0.1, 0.15) is 0 Å². The molecule has 0 saturated carbocycles. The number of aromatic nitrogens is 2. The van der Waals surface area contributed by atoms with E-state index in [1.807, 2.05) is 6.07 Å². The summed E-state index contributed by atoms with van der Waals surface area (Å²) in [6.45, 7) is 2.79. The predicted molar refractivity (Wildman–Crippen MR) is 74.1 cm³/mol. The lowest BCUT2D eigenvalue weighted by molar-refractivity contribution is 0.0957. The molecule has 2 rings (SSSR count). The van der Waals surface area contributed by atoms with E-state index in [9.17, 15) is 4.79 Å². The van der Waals surface area contributed by atoms with E-state index in [1.54, 1.807) is 13.1 Å². The number of piperidine rings is 1. The highest BCUT2D eigenvalue weighted by Gasteiger charge is 2.28. The Kier molecular flexibility index (Phi) is 4.31. The van der Waals surface area contributed by atoms with Gasteiger partial charge in [-0.3, -0.25) is 4.79 Å². The van der Waals surface area contributed by atoms with Crippen LogP contribution in [0.4, 0.5) is 5.82 Å². The van der Waals surface area contributed by atoms with Gasteiger partial charge in [0.2, 0.25) is 0 Å². The molecule has 19 heavy (non-hydrogen) atoms. The number of carbonyl (C=O) groups excluding carboxylic acids is 1. The molecule has 104 valence electrons.